The van der Waals surface area contributed by atoms with Crippen molar-refractivity contribution < 1.29 is 19.4 Å². The summed E-state index contributed by atoms with van der Waals surface area (Å²) in [5.74, 6) is 0.970. The van der Waals surface area contributed by atoms with E-state index < -0.39 is 0 Å². The number of para-hydroxylation sites is 1. The number of nitrogens with one attached hydrogen (secondary N) is 1. The lowest BCUT2D eigenvalue weighted by Crippen LogP contribution is -2.48. The second-order valence-corrected chi connectivity index (χ2v) is 6.50. The zero-order valence-electron chi connectivity index (χ0n) is 14.5. The fourth-order valence-electron chi connectivity index (χ4n) is 2.78. The van der Waals surface area contributed by atoms with Crippen molar-refractivity contribution in [3.8, 4) is 5.75 Å². The van der Waals surface area contributed by atoms with Gasteiger partial charge in [0, 0.05) is 31.7 Å². The summed E-state index contributed by atoms with van der Waals surface area (Å²) in [7, 11) is 0. The van der Waals surface area contributed by atoms with Crippen molar-refractivity contribution in [1.29, 1.82) is 0 Å². The van der Waals surface area contributed by atoms with Gasteiger partial charge in [-0.1, -0.05) is 32.0 Å². The molecule has 2 N–H and O–H groups in total. The molecule has 1 heterocycles. The molecule has 1 aromatic rings. The second kappa shape index (κ2) is 9.61. The van der Waals surface area contributed by atoms with Crippen molar-refractivity contribution in [2.75, 3.05) is 39.4 Å². The first-order chi connectivity index (χ1) is 11.6. The van der Waals surface area contributed by atoms with Crippen LogP contribution in [0.1, 0.15) is 19.4 Å². The lowest BCUT2D eigenvalue weighted by Gasteiger charge is -2.33. The summed E-state index contributed by atoms with van der Waals surface area (Å²) in [5.41, 5.74) is 0.672. The number of rotatable bonds is 8. The van der Waals surface area contributed by atoms with Crippen molar-refractivity contribution in [3.05, 3.63) is 29.8 Å². The molecule has 0 aliphatic carbocycles. The molecular weight excluding hydrogens is 308 g/mol. The molecular formula is C18H28N2O4. The highest BCUT2D eigenvalue weighted by Crippen LogP contribution is 2.17. The van der Waals surface area contributed by atoms with E-state index in [0.717, 1.165) is 19.6 Å². The Morgan fingerprint density at radius 3 is 3.00 bits per heavy atom. The van der Waals surface area contributed by atoms with Gasteiger partial charge < -0.3 is 19.9 Å². The summed E-state index contributed by atoms with van der Waals surface area (Å²) in [6, 6.07) is 7.15. The van der Waals surface area contributed by atoms with Crippen LogP contribution >= 0.6 is 0 Å². The molecule has 6 heteroatoms. The number of carbonyl (C=O) groups is 1. The molecule has 6 nitrogen and oxygen atoms in total. The van der Waals surface area contributed by atoms with Crippen molar-refractivity contribution in [3.63, 3.8) is 0 Å². The monoisotopic (exact) mass is 336 g/mol. The fourth-order valence-corrected chi connectivity index (χ4v) is 2.78. The second-order valence-electron chi connectivity index (χ2n) is 6.50. The number of benzene rings is 1. The van der Waals surface area contributed by atoms with E-state index in [1.165, 1.54) is 0 Å². The molecule has 1 aliphatic heterocycles. The molecule has 1 fully saturated rings. The highest BCUT2D eigenvalue weighted by atomic mass is 16.5. The summed E-state index contributed by atoms with van der Waals surface area (Å²) in [4.78, 5) is 14.3. The number of ether oxygens (including phenoxy) is 2. The zero-order valence-corrected chi connectivity index (χ0v) is 14.5. The number of morpholine rings is 1. The molecule has 0 aromatic heterocycles. The van der Waals surface area contributed by atoms with Gasteiger partial charge in [0.15, 0.2) is 6.61 Å². The highest BCUT2D eigenvalue weighted by molar-refractivity contribution is 5.77. The Bertz CT molecular complexity index is 521. The molecule has 1 amide bonds. The lowest BCUT2D eigenvalue weighted by molar-refractivity contribution is -0.124. The number of aliphatic hydroxyl groups is 1. The van der Waals surface area contributed by atoms with Gasteiger partial charge in [0.1, 0.15) is 5.75 Å². The van der Waals surface area contributed by atoms with Crippen LogP contribution in [0, 0.1) is 5.92 Å². The van der Waals surface area contributed by atoms with Gasteiger partial charge in [-0.15, -0.1) is 0 Å². The SMILES string of the molecule is CC(C)CN1CCOC(CNC(=O)COc2ccccc2CO)C1. The lowest BCUT2D eigenvalue weighted by atomic mass is 10.2. The predicted molar refractivity (Wildman–Crippen MR) is 91.9 cm³/mol. The van der Waals surface area contributed by atoms with Crippen molar-refractivity contribution in [2.24, 2.45) is 5.92 Å². The summed E-state index contributed by atoms with van der Waals surface area (Å²) >= 11 is 0. The molecule has 0 bridgehead atoms. The van der Waals surface area contributed by atoms with E-state index in [1.54, 1.807) is 12.1 Å². The summed E-state index contributed by atoms with van der Waals surface area (Å²) in [6.45, 7) is 8.25. The molecule has 24 heavy (non-hydrogen) atoms. The maximum Gasteiger partial charge on any atom is 0.258 e. The molecule has 1 saturated heterocycles. The highest BCUT2D eigenvalue weighted by Gasteiger charge is 2.21. The van der Waals surface area contributed by atoms with E-state index in [9.17, 15) is 9.90 Å². The Hall–Kier alpha value is -1.63. The number of hydrogen-bond donors (Lipinski definition) is 2. The Labute approximate surface area is 143 Å². The number of aliphatic hydroxyl groups excluding tert-OH is 1. The van der Waals surface area contributed by atoms with Crippen molar-refractivity contribution in [2.45, 2.75) is 26.6 Å². The van der Waals surface area contributed by atoms with Crippen LogP contribution in [0.5, 0.6) is 5.75 Å². The first-order valence-corrected chi connectivity index (χ1v) is 8.50. The van der Waals surface area contributed by atoms with E-state index in [4.69, 9.17) is 9.47 Å². The number of nitrogens with zero attached hydrogens (tertiary/aromatic N) is 1. The molecule has 0 saturated carbocycles. The third-order valence-electron chi connectivity index (χ3n) is 3.87. The molecule has 1 aliphatic rings. The van der Waals surface area contributed by atoms with Gasteiger partial charge in [0.05, 0.1) is 19.3 Å². The van der Waals surface area contributed by atoms with Crippen LogP contribution in [-0.4, -0.2) is 61.4 Å². The number of hydrogen-bond acceptors (Lipinski definition) is 5. The summed E-state index contributed by atoms with van der Waals surface area (Å²) in [6.07, 6.45) is 0.0196. The van der Waals surface area contributed by atoms with Crippen LogP contribution in [-0.2, 0) is 16.1 Å². The van der Waals surface area contributed by atoms with Crippen LogP contribution in [0.25, 0.3) is 0 Å². The van der Waals surface area contributed by atoms with Crippen LogP contribution < -0.4 is 10.1 Å². The molecule has 1 unspecified atom stereocenters. The van der Waals surface area contributed by atoms with Gasteiger partial charge in [-0.05, 0) is 12.0 Å². The molecule has 134 valence electrons. The van der Waals surface area contributed by atoms with Gasteiger partial charge in [0.2, 0.25) is 0 Å². The molecule has 0 radical (unpaired) electrons. The Morgan fingerprint density at radius 1 is 1.46 bits per heavy atom. The average Bonchev–Trinajstić information content (AvgIpc) is 2.58. The van der Waals surface area contributed by atoms with Crippen molar-refractivity contribution >= 4 is 5.91 Å². The molecule has 0 spiro atoms. The maximum absolute atomic E-state index is 12.0. The van der Waals surface area contributed by atoms with Gasteiger partial charge in [-0.3, -0.25) is 9.69 Å². The Kier molecular flexibility index (Phi) is 7.49. The minimum Gasteiger partial charge on any atom is -0.483 e. The largest absolute Gasteiger partial charge is 0.483 e. The molecule has 1 aromatic carbocycles. The number of amides is 1. The fraction of sp³-hybridized carbons (Fsp3) is 0.611. The van der Waals surface area contributed by atoms with Gasteiger partial charge in [-0.2, -0.15) is 0 Å². The smallest absolute Gasteiger partial charge is 0.258 e. The van der Waals surface area contributed by atoms with E-state index in [0.29, 0.717) is 30.4 Å². The third-order valence-corrected chi connectivity index (χ3v) is 3.87. The minimum absolute atomic E-state index is 0.0196. The topological polar surface area (TPSA) is 71.0 Å². The average molecular weight is 336 g/mol. The normalized spacial score (nSPS) is 18.6. The van der Waals surface area contributed by atoms with Crippen LogP contribution in [0.3, 0.4) is 0 Å². The van der Waals surface area contributed by atoms with Crippen LogP contribution in [0.4, 0.5) is 0 Å². The van der Waals surface area contributed by atoms with E-state index in [-0.39, 0.29) is 25.2 Å². The molecule has 1 atom stereocenters. The van der Waals surface area contributed by atoms with E-state index in [1.807, 2.05) is 12.1 Å². The summed E-state index contributed by atoms with van der Waals surface area (Å²) < 4.78 is 11.2. The molecule has 2 rings (SSSR count). The van der Waals surface area contributed by atoms with Crippen LogP contribution in [0.15, 0.2) is 24.3 Å². The standard InChI is InChI=1S/C18H28N2O4/c1-14(2)10-20-7-8-23-16(11-20)9-19-18(22)13-24-17-6-4-3-5-15(17)12-21/h3-6,14,16,21H,7-13H2,1-2H3,(H,19,22). The van der Waals surface area contributed by atoms with Gasteiger partial charge in [-0.25, -0.2) is 0 Å². The van der Waals surface area contributed by atoms with Crippen LogP contribution in [0.2, 0.25) is 0 Å². The predicted octanol–water partition coefficient (Wildman–Crippen LogP) is 1.03. The third kappa shape index (κ3) is 6.11. The quantitative estimate of drug-likeness (QED) is 0.742. The maximum atomic E-state index is 12.0. The minimum atomic E-state index is -0.188. The Morgan fingerprint density at radius 2 is 2.25 bits per heavy atom. The van der Waals surface area contributed by atoms with Gasteiger partial charge >= 0.3 is 0 Å². The Balaban J connectivity index is 1.71. The first kappa shape index (κ1) is 18.7. The van der Waals surface area contributed by atoms with Gasteiger partial charge in [0.25, 0.3) is 5.91 Å². The first-order valence-electron chi connectivity index (χ1n) is 8.50. The van der Waals surface area contributed by atoms with E-state index in [2.05, 4.69) is 24.1 Å². The number of carbonyl (C=O) groups excluding carboxylic acids is 1. The summed E-state index contributed by atoms with van der Waals surface area (Å²) in [5, 5.41) is 12.1. The van der Waals surface area contributed by atoms with E-state index >= 15 is 0 Å². The van der Waals surface area contributed by atoms with Crippen molar-refractivity contribution in [1.82, 2.24) is 10.2 Å². The zero-order chi connectivity index (χ0) is 17.4.